The molecule has 2 nitrogen and oxygen atoms in total. The highest BCUT2D eigenvalue weighted by Gasteiger charge is 2.06. The first-order chi connectivity index (χ1) is 6.70. The van der Waals surface area contributed by atoms with Crippen molar-refractivity contribution in [3.63, 3.8) is 0 Å². The van der Waals surface area contributed by atoms with Gasteiger partial charge >= 0.3 is 0 Å². The van der Waals surface area contributed by atoms with Gasteiger partial charge in [-0.25, -0.2) is 0 Å². The van der Waals surface area contributed by atoms with E-state index in [4.69, 9.17) is 0 Å². The molecule has 0 saturated carbocycles. The number of hydrogen-bond acceptors (Lipinski definition) is 1. The van der Waals surface area contributed by atoms with Gasteiger partial charge in [-0.15, -0.1) is 0 Å². The van der Waals surface area contributed by atoms with Crippen LogP contribution in [0.1, 0.15) is 25.3 Å². The molecule has 0 bridgehead atoms. The minimum absolute atomic E-state index is 0.00630. The van der Waals surface area contributed by atoms with Crippen molar-refractivity contribution >= 4 is 10.8 Å². The van der Waals surface area contributed by atoms with Gasteiger partial charge in [0.05, 0.1) is 5.39 Å². The molecule has 0 fully saturated rings. The Balaban J connectivity index is 2.91. The van der Waals surface area contributed by atoms with Crippen LogP contribution in [-0.2, 0) is 0 Å². The van der Waals surface area contributed by atoms with Crippen molar-refractivity contribution < 1.29 is 0 Å². The van der Waals surface area contributed by atoms with Gasteiger partial charge in [0, 0.05) is 6.20 Å². The number of H-pyrrole nitrogens is 1. The summed E-state index contributed by atoms with van der Waals surface area (Å²) in [6.45, 7) is 4.20. The van der Waals surface area contributed by atoms with Crippen LogP contribution in [0.2, 0.25) is 0 Å². The van der Waals surface area contributed by atoms with Gasteiger partial charge in [0.25, 0.3) is 5.56 Å². The fraction of sp³-hybridized carbons (Fsp3) is 0.250. The zero-order valence-corrected chi connectivity index (χ0v) is 8.37. The topological polar surface area (TPSA) is 32.9 Å². The summed E-state index contributed by atoms with van der Waals surface area (Å²) in [6.07, 6.45) is 1.69. The summed E-state index contributed by atoms with van der Waals surface area (Å²) >= 11 is 0. The number of fused-ring (bicyclic) bond motifs is 1. The molecule has 2 aromatic rings. The van der Waals surface area contributed by atoms with Crippen LogP contribution in [0, 0.1) is 0 Å². The Morgan fingerprint density at radius 3 is 2.71 bits per heavy atom. The van der Waals surface area contributed by atoms with Crippen LogP contribution in [0.3, 0.4) is 0 Å². The molecule has 1 aromatic heterocycles. The van der Waals surface area contributed by atoms with E-state index in [0.29, 0.717) is 5.92 Å². The molecule has 0 unspecified atom stereocenters. The number of hydrogen-bond donors (Lipinski definition) is 1. The van der Waals surface area contributed by atoms with E-state index in [1.165, 1.54) is 0 Å². The van der Waals surface area contributed by atoms with Crippen molar-refractivity contribution in [2.24, 2.45) is 0 Å². The lowest BCUT2D eigenvalue weighted by atomic mass is 9.97. The quantitative estimate of drug-likeness (QED) is 0.731. The normalized spacial score (nSPS) is 11.1. The smallest absolute Gasteiger partial charge is 0.256 e. The zero-order valence-electron chi connectivity index (χ0n) is 8.37. The van der Waals surface area contributed by atoms with Crippen molar-refractivity contribution in [3.05, 3.63) is 46.4 Å². The van der Waals surface area contributed by atoms with Crippen LogP contribution in [0.25, 0.3) is 10.8 Å². The molecule has 2 heteroatoms. The van der Waals surface area contributed by atoms with Crippen LogP contribution in [0.5, 0.6) is 0 Å². The third-order valence-electron chi connectivity index (χ3n) is 2.46. The van der Waals surface area contributed by atoms with E-state index in [2.05, 4.69) is 18.8 Å². The molecule has 0 amide bonds. The Kier molecular flexibility index (Phi) is 2.12. The van der Waals surface area contributed by atoms with Gasteiger partial charge in [0.2, 0.25) is 0 Å². The standard InChI is InChI=1S/C12H13NO/c1-8(2)10-5-3-4-9-6-7-13-12(14)11(9)10/h3-8H,1-2H3,(H,13,14). The van der Waals surface area contributed by atoms with Crippen molar-refractivity contribution in [1.82, 2.24) is 4.98 Å². The summed E-state index contributed by atoms with van der Waals surface area (Å²) in [5, 5.41) is 1.84. The Morgan fingerprint density at radius 1 is 1.21 bits per heavy atom. The molecule has 0 aliphatic rings. The predicted molar refractivity (Wildman–Crippen MR) is 58.7 cm³/mol. The summed E-state index contributed by atoms with van der Waals surface area (Å²) in [6, 6.07) is 7.92. The molecule has 72 valence electrons. The molecule has 0 spiro atoms. The molecule has 0 radical (unpaired) electrons. The fourth-order valence-electron chi connectivity index (χ4n) is 1.75. The van der Waals surface area contributed by atoms with E-state index < -0.39 is 0 Å². The summed E-state index contributed by atoms with van der Waals surface area (Å²) in [7, 11) is 0. The largest absolute Gasteiger partial charge is 0.329 e. The second-order valence-corrected chi connectivity index (χ2v) is 3.77. The molecule has 14 heavy (non-hydrogen) atoms. The number of benzene rings is 1. The minimum atomic E-state index is 0.00630. The molecule has 2 rings (SSSR count). The Hall–Kier alpha value is -1.57. The van der Waals surface area contributed by atoms with E-state index in [0.717, 1.165) is 16.3 Å². The van der Waals surface area contributed by atoms with Gasteiger partial charge < -0.3 is 4.98 Å². The highest BCUT2D eigenvalue weighted by Crippen LogP contribution is 2.21. The van der Waals surface area contributed by atoms with Crippen LogP contribution in [0.4, 0.5) is 0 Å². The van der Waals surface area contributed by atoms with Gasteiger partial charge in [-0.1, -0.05) is 32.0 Å². The molecule has 1 heterocycles. The number of pyridine rings is 1. The Labute approximate surface area is 82.6 Å². The van der Waals surface area contributed by atoms with Crippen molar-refractivity contribution in [2.45, 2.75) is 19.8 Å². The first-order valence-corrected chi connectivity index (χ1v) is 4.80. The summed E-state index contributed by atoms with van der Waals surface area (Å²) in [5.74, 6) is 0.377. The lowest BCUT2D eigenvalue weighted by molar-refractivity contribution is 0.874. The van der Waals surface area contributed by atoms with Crippen LogP contribution in [-0.4, -0.2) is 4.98 Å². The fourth-order valence-corrected chi connectivity index (χ4v) is 1.75. The van der Waals surface area contributed by atoms with E-state index in [1.54, 1.807) is 6.20 Å². The summed E-state index contributed by atoms with van der Waals surface area (Å²) in [5.41, 5.74) is 1.12. The summed E-state index contributed by atoms with van der Waals surface area (Å²) in [4.78, 5) is 14.4. The molecular formula is C12H13NO. The molecule has 0 atom stereocenters. The average molecular weight is 187 g/mol. The molecule has 1 N–H and O–H groups in total. The molecular weight excluding hydrogens is 174 g/mol. The number of aromatic nitrogens is 1. The van der Waals surface area contributed by atoms with Crippen molar-refractivity contribution in [2.75, 3.05) is 0 Å². The third-order valence-corrected chi connectivity index (χ3v) is 2.46. The number of rotatable bonds is 1. The van der Waals surface area contributed by atoms with Gasteiger partial charge in [-0.2, -0.15) is 0 Å². The average Bonchev–Trinajstić information content (AvgIpc) is 2.17. The Morgan fingerprint density at radius 2 is 2.00 bits per heavy atom. The maximum atomic E-state index is 11.6. The van der Waals surface area contributed by atoms with Crippen molar-refractivity contribution in [1.29, 1.82) is 0 Å². The lowest BCUT2D eigenvalue weighted by Gasteiger charge is -2.08. The molecule has 0 saturated heterocycles. The highest BCUT2D eigenvalue weighted by molar-refractivity contribution is 5.84. The molecule has 1 aromatic carbocycles. The predicted octanol–water partition coefficient (Wildman–Crippen LogP) is 2.65. The first-order valence-electron chi connectivity index (χ1n) is 4.80. The number of aromatic amines is 1. The zero-order chi connectivity index (χ0) is 10.1. The molecule has 0 aliphatic carbocycles. The maximum absolute atomic E-state index is 11.6. The van der Waals surface area contributed by atoms with Crippen molar-refractivity contribution in [3.8, 4) is 0 Å². The van der Waals surface area contributed by atoms with Crippen LogP contribution in [0.15, 0.2) is 35.3 Å². The first kappa shape index (κ1) is 9.00. The number of nitrogens with one attached hydrogen (secondary N) is 1. The van der Waals surface area contributed by atoms with Crippen LogP contribution < -0.4 is 5.56 Å². The Bertz CT molecular complexity index is 506. The van der Waals surface area contributed by atoms with E-state index in [-0.39, 0.29) is 5.56 Å². The van der Waals surface area contributed by atoms with Gasteiger partial charge in [-0.05, 0) is 22.9 Å². The van der Waals surface area contributed by atoms with Crippen LogP contribution >= 0.6 is 0 Å². The highest BCUT2D eigenvalue weighted by atomic mass is 16.1. The minimum Gasteiger partial charge on any atom is -0.329 e. The van der Waals surface area contributed by atoms with Gasteiger partial charge in [-0.3, -0.25) is 4.79 Å². The SMILES string of the molecule is CC(C)c1cccc2cc[nH]c(=O)c12. The van der Waals surface area contributed by atoms with E-state index in [1.807, 2.05) is 24.3 Å². The monoisotopic (exact) mass is 187 g/mol. The van der Waals surface area contributed by atoms with Gasteiger partial charge in [0.15, 0.2) is 0 Å². The molecule has 0 aliphatic heterocycles. The van der Waals surface area contributed by atoms with E-state index >= 15 is 0 Å². The second-order valence-electron chi connectivity index (χ2n) is 3.77. The maximum Gasteiger partial charge on any atom is 0.256 e. The third kappa shape index (κ3) is 1.33. The van der Waals surface area contributed by atoms with E-state index in [9.17, 15) is 4.79 Å². The second kappa shape index (κ2) is 3.29. The summed E-state index contributed by atoms with van der Waals surface area (Å²) < 4.78 is 0. The van der Waals surface area contributed by atoms with Gasteiger partial charge in [0.1, 0.15) is 0 Å². The lowest BCUT2D eigenvalue weighted by Crippen LogP contribution is -2.07.